The molecule has 0 radical (unpaired) electrons. The predicted molar refractivity (Wildman–Crippen MR) is 163 cm³/mol. The summed E-state index contributed by atoms with van der Waals surface area (Å²) in [5.74, 6) is 1.28. The lowest BCUT2D eigenvalue weighted by atomic mass is 9.82. The fourth-order valence-corrected chi connectivity index (χ4v) is 5.57. The van der Waals surface area contributed by atoms with E-state index in [2.05, 4.69) is 18.7 Å². The van der Waals surface area contributed by atoms with Gasteiger partial charge in [-0.2, -0.15) is 0 Å². The second-order valence-corrected chi connectivity index (χ2v) is 12.1. The SMILES string of the molecule is C=C(Oc1ccccc1Cl)N1CC(C(=O)c2ccc(SC)cc2)C(c2cc(C)c(OC(C)(C)C(C)=O)c(C)c2)C1. The lowest BCUT2D eigenvalue weighted by Gasteiger charge is -2.27. The summed E-state index contributed by atoms with van der Waals surface area (Å²) in [5.41, 5.74) is 2.63. The van der Waals surface area contributed by atoms with Gasteiger partial charge in [0.25, 0.3) is 0 Å². The van der Waals surface area contributed by atoms with Gasteiger partial charge in [-0.25, -0.2) is 0 Å². The summed E-state index contributed by atoms with van der Waals surface area (Å²) >= 11 is 7.97. The van der Waals surface area contributed by atoms with E-state index in [1.54, 1.807) is 37.7 Å². The number of rotatable bonds is 10. The highest BCUT2D eigenvalue weighted by Crippen LogP contribution is 2.40. The molecule has 210 valence electrons. The lowest BCUT2D eigenvalue weighted by molar-refractivity contribution is -0.129. The van der Waals surface area contributed by atoms with Crippen LogP contribution in [0.25, 0.3) is 0 Å². The predicted octanol–water partition coefficient (Wildman–Crippen LogP) is 7.87. The van der Waals surface area contributed by atoms with Gasteiger partial charge >= 0.3 is 0 Å². The number of ketones is 2. The Morgan fingerprint density at radius 1 is 1.02 bits per heavy atom. The number of hydrogen-bond donors (Lipinski definition) is 0. The standard InChI is InChI=1S/C33H36ClNO4S/c1-20-16-25(17-21(2)32(20)39-33(5,6)22(3)36)27-18-35(23(4)38-30-11-9-8-10-29(30)34)19-28(27)31(37)24-12-14-26(40-7)15-13-24/h8-17,27-28H,4,18-19H2,1-3,5-7H3. The second-order valence-electron chi connectivity index (χ2n) is 10.8. The van der Waals surface area contributed by atoms with Gasteiger partial charge in [0.15, 0.2) is 23.1 Å². The Bertz CT molecular complexity index is 1410. The molecule has 1 saturated heterocycles. The number of ether oxygens (including phenoxy) is 2. The van der Waals surface area contributed by atoms with Crippen LogP contribution in [0.15, 0.2) is 78.0 Å². The molecule has 0 N–H and O–H groups in total. The van der Waals surface area contributed by atoms with Crippen molar-refractivity contribution in [1.29, 1.82) is 0 Å². The van der Waals surface area contributed by atoms with Crippen LogP contribution < -0.4 is 9.47 Å². The number of likely N-dealkylation sites (tertiary alicyclic amines) is 1. The van der Waals surface area contributed by atoms with Crippen LogP contribution in [-0.4, -0.2) is 41.4 Å². The van der Waals surface area contributed by atoms with Gasteiger partial charge in [0.05, 0.1) is 5.02 Å². The van der Waals surface area contributed by atoms with Gasteiger partial charge in [0.2, 0.25) is 0 Å². The monoisotopic (exact) mass is 577 g/mol. The van der Waals surface area contributed by atoms with E-state index in [1.807, 2.05) is 61.4 Å². The Kier molecular flexibility index (Phi) is 9.01. The van der Waals surface area contributed by atoms with Crippen molar-refractivity contribution in [2.45, 2.75) is 51.0 Å². The number of thioether (sulfide) groups is 1. The number of nitrogens with zero attached hydrogens (tertiary/aromatic N) is 1. The van der Waals surface area contributed by atoms with Crippen LogP contribution in [0, 0.1) is 19.8 Å². The van der Waals surface area contributed by atoms with Crippen LogP contribution >= 0.6 is 23.4 Å². The first kappa shape index (κ1) is 29.8. The van der Waals surface area contributed by atoms with E-state index in [9.17, 15) is 9.59 Å². The van der Waals surface area contributed by atoms with Crippen LogP contribution in [0.1, 0.15) is 53.7 Å². The molecule has 0 spiro atoms. The van der Waals surface area contributed by atoms with Crippen LogP contribution in [0.5, 0.6) is 11.5 Å². The summed E-state index contributed by atoms with van der Waals surface area (Å²) in [4.78, 5) is 29.2. The fourth-order valence-electron chi connectivity index (χ4n) is 4.99. The van der Waals surface area contributed by atoms with E-state index in [4.69, 9.17) is 21.1 Å². The molecule has 0 saturated carbocycles. The molecular weight excluding hydrogens is 542 g/mol. The first-order valence-corrected chi connectivity index (χ1v) is 14.9. The topological polar surface area (TPSA) is 55.8 Å². The molecule has 1 aliphatic heterocycles. The van der Waals surface area contributed by atoms with Gasteiger partial charge in [-0.05, 0) is 88.4 Å². The molecular formula is C33H36ClNO4S. The minimum absolute atomic E-state index is 0.0444. The summed E-state index contributed by atoms with van der Waals surface area (Å²) in [5, 5.41) is 0.497. The summed E-state index contributed by atoms with van der Waals surface area (Å²) in [6.07, 6.45) is 2.02. The smallest absolute Gasteiger partial charge is 0.188 e. The average molecular weight is 578 g/mol. The van der Waals surface area contributed by atoms with Crippen molar-refractivity contribution in [3.05, 3.63) is 100 Å². The second kappa shape index (κ2) is 12.1. The summed E-state index contributed by atoms with van der Waals surface area (Å²) in [7, 11) is 0. The molecule has 1 fully saturated rings. The maximum atomic E-state index is 13.9. The number of benzene rings is 3. The molecule has 1 aliphatic rings. The Morgan fingerprint density at radius 2 is 1.65 bits per heavy atom. The van der Waals surface area contributed by atoms with Gasteiger partial charge < -0.3 is 14.4 Å². The largest absolute Gasteiger partial charge is 0.480 e. The third-order valence-electron chi connectivity index (χ3n) is 7.56. The number of Topliss-reactive ketones (excluding diaryl/α,β-unsaturated/α-hetero) is 2. The minimum Gasteiger partial charge on any atom is -0.480 e. The van der Waals surface area contributed by atoms with Gasteiger partial charge in [-0.1, -0.05) is 48.0 Å². The number of carbonyl (C=O) groups excluding carboxylic acids is 2. The molecule has 1 heterocycles. The molecule has 0 bridgehead atoms. The Balaban J connectivity index is 1.67. The van der Waals surface area contributed by atoms with Crippen LogP contribution in [-0.2, 0) is 4.79 Å². The normalized spacial score (nSPS) is 17.0. The summed E-state index contributed by atoms with van der Waals surface area (Å²) < 4.78 is 12.2. The van der Waals surface area contributed by atoms with Gasteiger partial charge in [0.1, 0.15) is 11.5 Å². The molecule has 0 aliphatic carbocycles. The molecule has 3 aromatic carbocycles. The highest BCUT2D eigenvalue weighted by Gasteiger charge is 2.40. The Labute approximate surface area is 246 Å². The van der Waals surface area contributed by atoms with Crippen LogP contribution in [0.4, 0.5) is 0 Å². The average Bonchev–Trinajstić information content (AvgIpc) is 3.37. The van der Waals surface area contributed by atoms with Crippen molar-refractivity contribution < 1.29 is 19.1 Å². The van der Waals surface area contributed by atoms with Gasteiger partial charge in [-0.15, -0.1) is 11.8 Å². The van der Waals surface area contributed by atoms with E-state index < -0.39 is 5.60 Å². The third kappa shape index (κ3) is 6.39. The van der Waals surface area contributed by atoms with Crippen molar-refractivity contribution in [2.24, 2.45) is 5.92 Å². The molecule has 3 aromatic rings. The summed E-state index contributed by atoms with van der Waals surface area (Å²) in [6.45, 7) is 14.2. The van der Waals surface area contributed by atoms with E-state index in [0.717, 1.165) is 21.6 Å². The zero-order valence-electron chi connectivity index (χ0n) is 23.9. The molecule has 4 rings (SSSR count). The quantitative estimate of drug-likeness (QED) is 0.139. The first-order chi connectivity index (χ1) is 18.9. The molecule has 0 amide bonds. The number of carbonyl (C=O) groups is 2. The van der Waals surface area contributed by atoms with Crippen molar-refractivity contribution in [2.75, 3.05) is 19.3 Å². The number of hydrogen-bond acceptors (Lipinski definition) is 6. The third-order valence-corrected chi connectivity index (χ3v) is 8.62. The number of para-hydroxylation sites is 1. The zero-order valence-corrected chi connectivity index (χ0v) is 25.5. The summed E-state index contributed by atoms with van der Waals surface area (Å²) in [6, 6.07) is 19.2. The van der Waals surface area contributed by atoms with Crippen molar-refractivity contribution in [3.63, 3.8) is 0 Å². The molecule has 0 aromatic heterocycles. The van der Waals surface area contributed by atoms with Crippen LogP contribution in [0.2, 0.25) is 5.02 Å². The molecule has 2 atom stereocenters. The fraction of sp³-hybridized carbons (Fsp3) is 0.333. The maximum absolute atomic E-state index is 13.9. The van der Waals surface area contributed by atoms with Crippen molar-refractivity contribution in [1.82, 2.24) is 4.90 Å². The lowest BCUT2D eigenvalue weighted by Crippen LogP contribution is -2.36. The molecule has 40 heavy (non-hydrogen) atoms. The van der Waals surface area contributed by atoms with Gasteiger partial charge in [0, 0.05) is 35.4 Å². The Morgan fingerprint density at radius 3 is 2.23 bits per heavy atom. The highest BCUT2D eigenvalue weighted by molar-refractivity contribution is 7.98. The highest BCUT2D eigenvalue weighted by atomic mass is 35.5. The van der Waals surface area contributed by atoms with Crippen molar-refractivity contribution in [3.8, 4) is 11.5 Å². The maximum Gasteiger partial charge on any atom is 0.188 e. The minimum atomic E-state index is -0.934. The van der Waals surface area contributed by atoms with Crippen LogP contribution in [0.3, 0.4) is 0 Å². The molecule has 2 unspecified atom stereocenters. The number of halogens is 1. The number of aryl methyl sites for hydroxylation is 2. The zero-order chi connectivity index (χ0) is 29.2. The Hall–Kier alpha value is -3.22. The van der Waals surface area contributed by atoms with E-state index in [1.165, 1.54) is 6.92 Å². The van der Waals surface area contributed by atoms with E-state index >= 15 is 0 Å². The van der Waals surface area contributed by atoms with Crippen molar-refractivity contribution >= 4 is 34.9 Å². The van der Waals surface area contributed by atoms with Gasteiger partial charge in [-0.3, -0.25) is 9.59 Å². The molecule has 5 nitrogen and oxygen atoms in total. The van der Waals surface area contributed by atoms with E-state index in [0.29, 0.717) is 41.1 Å². The van der Waals surface area contributed by atoms with E-state index in [-0.39, 0.29) is 23.4 Å². The molecule has 7 heteroatoms. The first-order valence-electron chi connectivity index (χ1n) is 13.3.